The summed E-state index contributed by atoms with van der Waals surface area (Å²) in [6, 6.07) is 7.56. The SMILES string of the molecule is C=CCn1c(=NC(=O)c2ccn(CC)n2)sc2cc(OCC)ccc21. The second-order valence-corrected chi connectivity index (χ2v) is 6.33. The number of benzene rings is 1. The molecular weight excluding hydrogens is 336 g/mol. The number of hydrogen-bond acceptors (Lipinski definition) is 4. The van der Waals surface area contributed by atoms with Crippen molar-refractivity contribution in [2.75, 3.05) is 6.61 Å². The van der Waals surface area contributed by atoms with Gasteiger partial charge < -0.3 is 9.30 Å². The van der Waals surface area contributed by atoms with Gasteiger partial charge in [-0.25, -0.2) is 0 Å². The highest BCUT2D eigenvalue weighted by Gasteiger charge is 2.11. The molecule has 0 spiro atoms. The first-order valence-corrected chi connectivity index (χ1v) is 8.97. The second-order valence-electron chi connectivity index (χ2n) is 5.32. The zero-order chi connectivity index (χ0) is 17.8. The lowest BCUT2D eigenvalue weighted by Gasteiger charge is -2.04. The molecule has 25 heavy (non-hydrogen) atoms. The monoisotopic (exact) mass is 356 g/mol. The summed E-state index contributed by atoms with van der Waals surface area (Å²) in [4.78, 5) is 17.4. The Hall–Kier alpha value is -2.67. The normalized spacial score (nSPS) is 11.8. The fourth-order valence-corrected chi connectivity index (χ4v) is 3.56. The van der Waals surface area contributed by atoms with Gasteiger partial charge in [-0.05, 0) is 38.1 Å². The molecular formula is C18H20N4O2S. The molecule has 0 aliphatic carbocycles. The molecule has 0 atom stereocenters. The molecule has 3 aromatic rings. The van der Waals surface area contributed by atoms with Crippen molar-refractivity contribution < 1.29 is 9.53 Å². The number of aromatic nitrogens is 3. The Morgan fingerprint density at radius 1 is 1.40 bits per heavy atom. The van der Waals surface area contributed by atoms with Gasteiger partial charge in [-0.15, -0.1) is 6.58 Å². The lowest BCUT2D eigenvalue weighted by Crippen LogP contribution is -2.16. The Balaban J connectivity index is 2.08. The van der Waals surface area contributed by atoms with Crippen LogP contribution in [0.5, 0.6) is 5.75 Å². The van der Waals surface area contributed by atoms with Crippen LogP contribution in [0.3, 0.4) is 0 Å². The zero-order valence-electron chi connectivity index (χ0n) is 14.3. The molecule has 1 aromatic carbocycles. The summed E-state index contributed by atoms with van der Waals surface area (Å²) in [6.07, 6.45) is 3.57. The third-order valence-corrected chi connectivity index (χ3v) is 4.70. The summed E-state index contributed by atoms with van der Waals surface area (Å²) in [6.45, 7) is 9.62. The van der Waals surface area contributed by atoms with E-state index in [0.717, 1.165) is 16.0 Å². The van der Waals surface area contributed by atoms with Crippen molar-refractivity contribution in [3.8, 4) is 5.75 Å². The number of nitrogens with zero attached hydrogens (tertiary/aromatic N) is 4. The third-order valence-electron chi connectivity index (χ3n) is 3.66. The van der Waals surface area contributed by atoms with E-state index in [9.17, 15) is 4.79 Å². The summed E-state index contributed by atoms with van der Waals surface area (Å²) in [5.41, 5.74) is 1.35. The molecule has 0 radical (unpaired) electrons. The van der Waals surface area contributed by atoms with E-state index in [1.165, 1.54) is 11.3 Å². The van der Waals surface area contributed by atoms with Crippen molar-refractivity contribution in [2.24, 2.45) is 4.99 Å². The molecule has 6 nitrogen and oxygen atoms in total. The molecule has 0 aliphatic heterocycles. The Labute approximate surface area is 149 Å². The second kappa shape index (κ2) is 7.48. The van der Waals surface area contributed by atoms with E-state index in [1.54, 1.807) is 23.0 Å². The van der Waals surface area contributed by atoms with Crippen molar-refractivity contribution in [2.45, 2.75) is 26.9 Å². The number of hydrogen-bond donors (Lipinski definition) is 0. The molecule has 0 fully saturated rings. The molecule has 7 heteroatoms. The van der Waals surface area contributed by atoms with E-state index in [0.29, 0.717) is 30.2 Å². The van der Waals surface area contributed by atoms with Crippen LogP contribution in [0.25, 0.3) is 10.2 Å². The number of thiazole rings is 1. The fraction of sp³-hybridized carbons (Fsp3) is 0.278. The largest absolute Gasteiger partial charge is 0.494 e. The molecule has 2 heterocycles. The Kier molecular flexibility index (Phi) is 5.14. The molecule has 0 saturated heterocycles. The van der Waals surface area contributed by atoms with Crippen molar-refractivity contribution in [3.63, 3.8) is 0 Å². The fourth-order valence-electron chi connectivity index (χ4n) is 2.50. The molecule has 0 unspecified atom stereocenters. The highest BCUT2D eigenvalue weighted by atomic mass is 32.1. The van der Waals surface area contributed by atoms with Gasteiger partial charge in [0.25, 0.3) is 5.91 Å². The number of carbonyl (C=O) groups excluding carboxylic acids is 1. The van der Waals surface area contributed by atoms with Gasteiger partial charge in [0.1, 0.15) is 5.75 Å². The first kappa shape index (κ1) is 17.2. The van der Waals surface area contributed by atoms with Gasteiger partial charge in [-0.1, -0.05) is 17.4 Å². The van der Waals surface area contributed by atoms with Gasteiger partial charge in [0, 0.05) is 19.3 Å². The van der Waals surface area contributed by atoms with Crippen LogP contribution in [0, 0.1) is 0 Å². The number of aryl methyl sites for hydroxylation is 1. The van der Waals surface area contributed by atoms with E-state index < -0.39 is 0 Å². The van der Waals surface area contributed by atoms with Gasteiger partial charge in [-0.3, -0.25) is 9.48 Å². The van der Waals surface area contributed by atoms with E-state index >= 15 is 0 Å². The third kappa shape index (κ3) is 3.56. The van der Waals surface area contributed by atoms with Crippen LogP contribution in [-0.4, -0.2) is 26.9 Å². The predicted octanol–water partition coefficient (Wildman–Crippen LogP) is 3.25. The maximum atomic E-state index is 12.4. The first-order chi connectivity index (χ1) is 12.2. The molecule has 2 aromatic heterocycles. The molecule has 0 saturated carbocycles. The van der Waals surface area contributed by atoms with Crippen LogP contribution >= 0.6 is 11.3 Å². The van der Waals surface area contributed by atoms with Crippen molar-refractivity contribution in [3.05, 3.63) is 53.6 Å². The molecule has 130 valence electrons. The number of carbonyl (C=O) groups is 1. The number of fused-ring (bicyclic) bond motifs is 1. The van der Waals surface area contributed by atoms with Crippen molar-refractivity contribution in [1.82, 2.24) is 14.3 Å². The van der Waals surface area contributed by atoms with Crippen molar-refractivity contribution in [1.29, 1.82) is 0 Å². The average Bonchev–Trinajstić information content (AvgIpc) is 3.21. The van der Waals surface area contributed by atoms with Gasteiger partial charge >= 0.3 is 0 Å². The Bertz CT molecular complexity index is 981. The number of allylic oxidation sites excluding steroid dienone is 1. The number of ether oxygens (including phenoxy) is 1. The highest BCUT2D eigenvalue weighted by molar-refractivity contribution is 7.16. The summed E-state index contributed by atoms with van der Waals surface area (Å²) >= 11 is 1.45. The minimum atomic E-state index is -0.346. The molecule has 0 bridgehead atoms. The molecule has 1 amide bonds. The maximum absolute atomic E-state index is 12.4. The lowest BCUT2D eigenvalue weighted by molar-refractivity contribution is 0.0992. The van der Waals surface area contributed by atoms with Gasteiger partial charge in [0.05, 0.1) is 16.8 Å². The summed E-state index contributed by atoms with van der Waals surface area (Å²) in [7, 11) is 0. The van der Waals surface area contributed by atoms with E-state index in [1.807, 2.05) is 36.6 Å². The molecule has 3 rings (SSSR count). The molecule has 0 N–H and O–H groups in total. The van der Waals surface area contributed by atoms with Gasteiger partial charge in [-0.2, -0.15) is 10.1 Å². The number of rotatable bonds is 6. The summed E-state index contributed by atoms with van der Waals surface area (Å²) in [5.74, 6) is 0.461. The van der Waals surface area contributed by atoms with Crippen LogP contribution in [0.2, 0.25) is 0 Å². The lowest BCUT2D eigenvalue weighted by atomic mass is 10.3. The first-order valence-electron chi connectivity index (χ1n) is 8.15. The van der Waals surface area contributed by atoms with E-state index in [4.69, 9.17) is 4.74 Å². The Morgan fingerprint density at radius 3 is 2.92 bits per heavy atom. The van der Waals surface area contributed by atoms with Crippen LogP contribution in [0.1, 0.15) is 24.3 Å². The van der Waals surface area contributed by atoms with Crippen LogP contribution in [0.15, 0.2) is 48.1 Å². The van der Waals surface area contributed by atoms with Crippen LogP contribution in [0.4, 0.5) is 0 Å². The van der Waals surface area contributed by atoms with E-state index in [2.05, 4.69) is 16.7 Å². The van der Waals surface area contributed by atoms with E-state index in [-0.39, 0.29) is 5.91 Å². The topological polar surface area (TPSA) is 61.4 Å². The summed E-state index contributed by atoms with van der Waals surface area (Å²) < 4.78 is 10.2. The Morgan fingerprint density at radius 2 is 2.24 bits per heavy atom. The minimum absolute atomic E-state index is 0.346. The maximum Gasteiger partial charge on any atom is 0.300 e. The predicted molar refractivity (Wildman–Crippen MR) is 99.0 cm³/mol. The zero-order valence-corrected chi connectivity index (χ0v) is 15.1. The summed E-state index contributed by atoms with van der Waals surface area (Å²) in [5, 5.41) is 4.22. The molecule has 0 aliphatic rings. The minimum Gasteiger partial charge on any atom is -0.494 e. The smallest absolute Gasteiger partial charge is 0.300 e. The van der Waals surface area contributed by atoms with Gasteiger partial charge in [0.2, 0.25) is 0 Å². The average molecular weight is 356 g/mol. The standard InChI is InChI=1S/C18H20N4O2S/c1-4-10-22-15-8-7-13(24-6-3)12-16(15)25-18(22)19-17(23)14-9-11-21(5-2)20-14/h4,7-9,11-12H,1,5-6,10H2,2-3H3. The van der Waals surface area contributed by atoms with Gasteiger partial charge in [0.15, 0.2) is 10.5 Å². The van der Waals surface area contributed by atoms with Crippen molar-refractivity contribution >= 4 is 27.5 Å². The quantitative estimate of drug-likeness (QED) is 0.637. The van der Waals surface area contributed by atoms with Crippen LogP contribution < -0.4 is 9.54 Å². The highest BCUT2D eigenvalue weighted by Crippen LogP contribution is 2.23. The van der Waals surface area contributed by atoms with Crippen LogP contribution in [-0.2, 0) is 13.1 Å². The number of amides is 1.